The number of amides is 1. The van der Waals surface area contributed by atoms with Gasteiger partial charge in [0.05, 0.1) is 15.7 Å². The third kappa shape index (κ3) is 1.82. The van der Waals surface area contributed by atoms with Gasteiger partial charge < -0.3 is 4.90 Å². The maximum absolute atomic E-state index is 11.2. The number of allylic oxidation sites excluding steroid dienone is 1. The lowest BCUT2D eigenvalue weighted by Crippen LogP contribution is -2.32. The van der Waals surface area contributed by atoms with E-state index < -0.39 is 0 Å². The maximum atomic E-state index is 11.2. The summed E-state index contributed by atoms with van der Waals surface area (Å²) in [5.41, 5.74) is 4.94. The Bertz CT molecular complexity index is 617. The molecule has 0 fully saturated rings. The molecule has 0 bridgehead atoms. The Balaban J connectivity index is 2.06. The van der Waals surface area contributed by atoms with Gasteiger partial charge in [-0.05, 0) is 31.9 Å². The van der Waals surface area contributed by atoms with E-state index in [2.05, 4.69) is 36.2 Å². The van der Waals surface area contributed by atoms with Crippen molar-refractivity contribution in [2.24, 2.45) is 0 Å². The standard InChI is InChI=1S/C14H14N2OS/c1-10-3-2-4-13(16(10)9-17)11-5-6-14-12(7-11)15-8-18-14/h4-10H,2-3H2,1H3. The van der Waals surface area contributed by atoms with E-state index in [1.54, 1.807) is 11.3 Å². The number of aromatic nitrogens is 1. The number of fused-ring (bicyclic) bond motifs is 1. The van der Waals surface area contributed by atoms with E-state index in [-0.39, 0.29) is 6.04 Å². The Morgan fingerprint density at radius 1 is 1.50 bits per heavy atom. The molecule has 0 aliphatic carbocycles. The zero-order valence-electron chi connectivity index (χ0n) is 10.2. The van der Waals surface area contributed by atoms with Crippen LogP contribution in [-0.2, 0) is 4.79 Å². The summed E-state index contributed by atoms with van der Waals surface area (Å²) in [5, 5.41) is 0. The SMILES string of the molecule is CC1CCC=C(c2ccc3scnc3c2)N1C=O. The van der Waals surface area contributed by atoms with Crippen LogP contribution in [0.2, 0.25) is 0 Å². The Hall–Kier alpha value is -1.68. The smallest absolute Gasteiger partial charge is 0.214 e. The maximum Gasteiger partial charge on any atom is 0.214 e. The Kier molecular flexibility index (Phi) is 2.88. The highest BCUT2D eigenvalue weighted by Crippen LogP contribution is 2.29. The third-order valence-electron chi connectivity index (χ3n) is 3.41. The second-order valence-corrected chi connectivity index (χ2v) is 5.45. The first-order valence-corrected chi connectivity index (χ1v) is 6.95. The first-order chi connectivity index (χ1) is 8.79. The van der Waals surface area contributed by atoms with Gasteiger partial charge in [0.2, 0.25) is 6.41 Å². The van der Waals surface area contributed by atoms with Crippen LogP contribution in [0, 0.1) is 0 Å². The van der Waals surface area contributed by atoms with Crippen molar-refractivity contribution >= 4 is 33.7 Å². The minimum absolute atomic E-state index is 0.272. The summed E-state index contributed by atoms with van der Waals surface area (Å²) in [7, 11) is 0. The lowest BCUT2D eigenvalue weighted by molar-refractivity contribution is -0.116. The van der Waals surface area contributed by atoms with Crippen LogP contribution in [0.15, 0.2) is 29.8 Å². The number of benzene rings is 1. The fraction of sp³-hybridized carbons (Fsp3) is 0.286. The van der Waals surface area contributed by atoms with Gasteiger partial charge in [-0.25, -0.2) is 4.98 Å². The monoisotopic (exact) mass is 258 g/mol. The molecule has 0 saturated heterocycles. The van der Waals surface area contributed by atoms with E-state index in [9.17, 15) is 4.79 Å². The number of rotatable bonds is 2. The second kappa shape index (κ2) is 4.53. The predicted molar refractivity (Wildman–Crippen MR) is 74.2 cm³/mol. The van der Waals surface area contributed by atoms with E-state index in [4.69, 9.17) is 0 Å². The average Bonchev–Trinajstić information content (AvgIpc) is 2.85. The van der Waals surface area contributed by atoms with Crippen LogP contribution in [0.25, 0.3) is 15.9 Å². The molecule has 0 N–H and O–H groups in total. The summed E-state index contributed by atoms with van der Waals surface area (Å²) in [5.74, 6) is 0. The molecule has 92 valence electrons. The van der Waals surface area contributed by atoms with Gasteiger partial charge in [-0.3, -0.25) is 4.79 Å². The van der Waals surface area contributed by atoms with Crippen molar-refractivity contribution in [2.45, 2.75) is 25.8 Å². The van der Waals surface area contributed by atoms with E-state index >= 15 is 0 Å². The first-order valence-electron chi connectivity index (χ1n) is 6.07. The summed E-state index contributed by atoms with van der Waals surface area (Å²) in [4.78, 5) is 17.4. The lowest BCUT2D eigenvalue weighted by atomic mass is 10.0. The topological polar surface area (TPSA) is 33.2 Å². The number of hydrogen-bond donors (Lipinski definition) is 0. The summed E-state index contributed by atoms with van der Waals surface area (Å²) >= 11 is 1.64. The van der Waals surface area contributed by atoms with Gasteiger partial charge in [-0.2, -0.15) is 0 Å². The van der Waals surface area contributed by atoms with Crippen molar-refractivity contribution in [1.82, 2.24) is 9.88 Å². The van der Waals surface area contributed by atoms with Crippen LogP contribution in [0.5, 0.6) is 0 Å². The molecule has 2 heterocycles. The van der Waals surface area contributed by atoms with Crippen molar-refractivity contribution in [3.63, 3.8) is 0 Å². The molecule has 0 saturated carbocycles. The largest absolute Gasteiger partial charge is 0.312 e. The summed E-state index contributed by atoms with van der Waals surface area (Å²) in [6, 6.07) is 6.48. The van der Waals surface area contributed by atoms with Crippen molar-refractivity contribution in [2.75, 3.05) is 0 Å². The minimum Gasteiger partial charge on any atom is -0.312 e. The molecule has 0 spiro atoms. The number of carbonyl (C=O) groups excluding carboxylic acids is 1. The molecule has 1 aromatic heterocycles. The highest BCUT2D eigenvalue weighted by atomic mass is 32.1. The number of hydrogen-bond acceptors (Lipinski definition) is 3. The van der Waals surface area contributed by atoms with Crippen LogP contribution in [0.4, 0.5) is 0 Å². The Morgan fingerprint density at radius 3 is 3.22 bits per heavy atom. The molecule has 0 radical (unpaired) electrons. The van der Waals surface area contributed by atoms with Gasteiger partial charge in [-0.15, -0.1) is 11.3 Å². The van der Waals surface area contributed by atoms with Crippen molar-refractivity contribution in [3.05, 3.63) is 35.3 Å². The van der Waals surface area contributed by atoms with Gasteiger partial charge in [-0.1, -0.05) is 12.1 Å². The predicted octanol–water partition coefficient (Wildman–Crippen LogP) is 3.28. The summed E-state index contributed by atoms with van der Waals surface area (Å²) in [6.07, 6.45) is 5.12. The summed E-state index contributed by atoms with van der Waals surface area (Å²) in [6.45, 7) is 2.09. The van der Waals surface area contributed by atoms with Crippen molar-refractivity contribution in [1.29, 1.82) is 0 Å². The van der Waals surface area contributed by atoms with E-state index in [1.807, 2.05) is 10.4 Å². The van der Waals surface area contributed by atoms with Gasteiger partial charge in [0, 0.05) is 17.3 Å². The molecule has 4 heteroatoms. The molecule has 18 heavy (non-hydrogen) atoms. The summed E-state index contributed by atoms with van der Waals surface area (Å²) < 4.78 is 1.18. The number of nitrogens with zero attached hydrogens (tertiary/aromatic N) is 2. The Labute approximate surface area is 110 Å². The van der Waals surface area contributed by atoms with Gasteiger partial charge in [0.1, 0.15) is 0 Å². The average molecular weight is 258 g/mol. The zero-order chi connectivity index (χ0) is 12.5. The van der Waals surface area contributed by atoms with E-state index in [1.165, 1.54) is 4.70 Å². The normalized spacial score (nSPS) is 19.9. The van der Waals surface area contributed by atoms with E-state index in [0.717, 1.165) is 36.0 Å². The zero-order valence-corrected chi connectivity index (χ0v) is 11.0. The Morgan fingerprint density at radius 2 is 2.39 bits per heavy atom. The van der Waals surface area contributed by atoms with Crippen LogP contribution in [-0.4, -0.2) is 22.3 Å². The minimum atomic E-state index is 0.272. The van der Waals surface area contributed by atoms with Gasteiger partial charge >= 0.3 is 0 Å². The highest BCUT2D eigenvalue weighted by molar-refractivity contribution is 7.16. The molecule has 1 unspecified atom stereocenters. The molecule has 1 atom stereocenters. The van der Waals surface area contributed by atoms with Crippen LogP contribution in [0.1, 0.15) is 25.3 Å². The number of carbonyl (C=O) groups is 1. The second-order valence-electron chi connectivity index (χ2n) is 4.56. The van der Waals surface area contributed by atoms with Crippen LogP contribution < -0.4 is 0 Å². The molecule has 1 amide bonds. The first kappa shape index (κ1) is 11.4. The van der Waals surface area contributed by atoms with E-state index in [0.29, 0.717) is 0 Å². The quantitative estimate of drug-likeness (QED) is 0.774. The molecule has 3 nitrogen and oxygen atoms in total. The fourth-order valence-corrected chi connectivity index (χ4v) is 3.05. The molecular formula is C14H14N2OS. The molecule has 1 aliphatic heterocycles. The van der Waals surface area contributed by atoms with Gasteiger partial charge in [0.15, 0.2) is 0 Å². The molecule has 1 aromatic carbocycles. The van der Waals surface area contributed by atoms with Crippen LogP contribution >= 0.6 is 11.3 Å². The van der Waals surface area contributed by atoms with Crippen molar-refractivity contribution in [3.8, 4) is 0 Å². The highest BCUT2D eigenvalue weighted by Gasteiger charge is 2.21. The van der Waals surface area contributed by atoms with Crippen molar-refractivity contribution < 1.29 is 4.79 Å². The third-order valence-corrected chi connectivity index (χ3v) is 4.22. The fourth-order valence-electron chi connectivity index (χ4n) is 2.39. The molecular weight excluding hydrogens is 244 g/mol. The molecule has 2 aromatic rings. The van der Waals surface area contributed by atoms with Gasteiger partial charge in [0.25, 0.3) is 0 Å². The number of thiazole rings is 1. The molecule has 3 rings (SSSR count). The van der Waals surface area contributed by atoms with Crippen LogP contribution in [0.3, 0.4) is 0 Å². The lowest BCUT2D eigenvalue weighted by Gasteiger charge is -2.31. The molecule has 1 aliphatic rings.